The molecule has 0 aromatic carbocycles. The quantitative estimate of drug-likeness (QED) is 0.685. The lowest BCUT2D eigenvalue weighted by atomic mass is 9.84. The molecular weight excluding hydrogens is 276 g/mol. The number of nitrogens with two attached hydrogens (primary N) is 1. The Bertz CT molecular complexity index is 443. The van der Waals surface area contributed by atoms with Crippen molar-refractivity contribution in [2.24, 2.45) is 11.1 Å². The van der Waals surface area contributed by atoms with E-state index in [1.165, 1.54) is 11.3 Å². The number of hydrogen-bond acceptors (Lipinski definition) is 4. The lowest BCUT2D eigenvalue weighted by Gasteiger charge is -2.23. The summed E-state index contributed by atoms with van der Waals surface area (Å²) in [6, 6.07) is 2.52. The largest absolute Gasteiger partial charge is 0.479 e. The predicted molar refractivity (Wildman–Crippen MR) is 79.5 cm³/mol. The highest BCUT2D eigenvalue weighted by molar-refractivity contribution is 7.10. The van der Waals surface area contributed by atoms with Crippen molar-refractivity contribution in [1.82, 2.24) is 5.32 Å². The Balaban J connectivity index is 2.54. The number of rotatable bonds is 8. The zero-order chi connectivity index (χ0) is 15.2. The summed E-state index contributed by atoms with van der Waals surface area (Å²) in [7, 11) is 0. The highest BCUT2D eigenvalue weighted by atomic mass is 32.1. The first-order valence-electron chi connectivity index (χ1n) is 6.61. The van der Waals surface area contributed by atoms with Crippen LogP contribution >= 0.6 is 11.3 Å². The van der Waals surface area contributed by atoms with Gasteiger partial charge >= 0.3 is 5.97 Å². The molecule has 20 heavy (non-hydrogen) atoms. The van der Waals surface area contributed by atoms with Gasteiger partial charge in [0.15, 0.2) is 6.04 Å². The van der Waals surface area contributed by atoms with E-state index in [1.54, 1.807) is 17.5 Å². The van der Waals surface area contributed by atoms with Crippen molar-refractivity contribution in [3.63, 3.8) is 0 Å². The summed E-state index contributed by atoms with van der Waals surface area (Å²) in [4.78, 5) is 23.7. The number of carboxylic acids is 1. The molecule has 0 aliphatic heterocycles. The Labute approximate surface area is 123 Å². The van der Waals surface area contributed by atoms with Gasteiger partial charge in [-0.15, -0.1) is 11.3 Å². The number of carbonyl (C=O) groups is 2. The highest BCUT2D eigenvalue weighted by Gasteiger charge is 2.24. The molecule has 1 heterocycles. The third-order valence-corrected chi connectivity index (χ3v) is 4.17. The van der Waals surface area contributed by atoms with Crippen molar-refractivity contribution < 1.29 is 14.7 Å². The van der Waals surface area contributed by atoms with Gasteiger partial charge in [-0.3, -0.25) is 4.79 Å². The third-order valence-electron chi connectivity index (χ3n) is 3.23. The molecule has 0 saturated carbocycles. The van der Waals surface area contributed by atoms with Gasteiger partial charge in [-0.2, -0.15) is 0 Å². The highest BCUT2D eigenvalue weighted by Crippen LogP contribution is 2.26. The fraction of sp³-hybridized carbons (Fsp3) is 0.571. The normalized spacial score (nSPS) is 12.9. The van der Waals surface area contributed by atoms with Gasteiger partial charge in [0, 0.05) is 11.3 Å². The van der Waals surface area contributed by atoms with E-state index in [-0.39, 0.29) is 11.3 Å². The topological polar surface area (TPSA) is 92.4 Å². The first-order valence-corrected chi connectivity index (χ1v) is 7.49. The zero-order valence-electron chi connectivity index (χ0n) is 11.9. The van der Waals surface area contributed by atoms with Gasteiger partial charge in [0.1, 0.15) is 0 Å². The number of aliphatic carboxylic acids is 1. The van der Waals surface area contributed by atoms with Crippen molar-refractivity contribution in [3.05, 3.63) is 22.4 Å². The van der Waals surface area contributed by atoms with Gasteiger partial charge in [0.2, 0.25) is 5.91 Å². The van der Waals surface area contributed by atoms with Gasteiger partial charge in [0.25, 0.3) is 0 Å². The van der Waals surface area contributed by atoms with Crippen LogP contribution in [0.3, 0.4) is 0 Å². The van der Waals surface area contributed by atoms with Crippen LogP contribution in [0.15, 0.2) is 17.5 Å². The van der Waals surface area contributed by atoms with Gasteiger partial charge < -0.3 is 16.2 Å². The van der Waals surface area contributed by atoms with E-state index in [0.717, 1.165) is 6.42 Å². The molecule has 0 fully saturated rings. The van der Waals surface area contributed by atoms with Crippen LogP contribution in [0, 0.1) is 5.41 Å². The molecule has 4 N–H and O–H groups in total. The molecule has 1 atom stereocenters. The molecule has 0 bridgehead atoms. The van der Waals surface area contributed by atoms with Gasteiger partial charge in [0.05, 0.1) is 0 Å². The molecular formula is C14H22N2O3S. The van der Waals surface area contributed by atoms with E-state index in [4.69, 9.17) is 5.73 Å². The van der Waals surface area contributed by atoms with Crippen molar-refractivity contribution in [3.8, 4) is 0 Å². The second-order valence-electron chi connectivity index (χ2n) is 5.56. The smallest absolute Gasteiger partial charge is 0.331 e. The first-order chi connectivity index (χ1) is 9.35. The summed E-state index contributed by atoms with van der Waals surface area (Å²) in [6.07, 6.45) is 1.84. The molecule has 5 nitrogen and oxygen atoms in total. The van der Waals surface area contributed by atoms with Gasteiger partial charge in [-0.05, 0) is 36.2 Å². The molecule has 1 unspecified atom stereocenters. The number of thiophene rings is 1. The van der Waals surface area contributed by atoms with Crippen LogP contribution < -0.4 is 11.1 Å². The average molecular weight is 298 g/mol. The summed E-state index contributed by atoms with van der Waals surface area (Å²) >= 11 is 1.32. The molecule has 112 valence electrons. The van der Waals surface area contributed by atoms with Crippen LogP contribution in [-0.2, 0) is 9.59 Å². The second kappa shape index (κ2) is 7.40. The first kappa shape index (κ1) is 16.7. The number of amides is 1. The standard InChI is InChI=1S/C14H22N2O3S/c1-14(2,7-8-15)6-5-11(17)16-12(13(18)19)10-4-3-9-20-10/h3-4,9,12H,5-8,15H2,1-2H3,(H,16,17)(H,18,19). The van der Waals surface area contributed by atoms with E-state index in [0.29, 0.717) is 24.3 Å². The van der Waals surface area contributed by atoms with Gasteiger partial charge in [-0.1, -0.05) is 19.9 Å². The summed E-state index contributed by atoms with van der Waals surface area (Å²) in [6.45, 7) is 4.70. The number of carbonyl (C=O) groups excluding carboxylic acids is 1. The minimum atomic E-state index is -1.04. The average Bonchev–Trinajstić information content (AvgIpc) is 2.86. The maximum absolute atomic E-state index is 11.9. The van der Waals surface area contributed by atoms with E-state index < -0.39 is 12.0 Å². The number of carboxylic acid groups (broad SMARTS) is 1. The Morgan fingerprint density at radius 2 is 2.15 bits per heavy atom. The molecule has 0 radical (unpaired) electrons. The predicted octanol–water partition coefficient (Wildman–Crippen LogP) is 2.15. The van der Waals surface area contributed by atoms with Crippen LogP contribution in [0.4, 0.5) is 0 Å². The second-order valence-corrected chi connectivity index (χ2v) is 6.54. The van der Waals surface area contributed by atoms with Crippen LogP contribution in [0.25, 0.3) is 0 Å². The number of hydrogen-bond donors (Lipinski definition) is 3. The SMILES string of the molecule is CC(C)(CCN)CCC(=O)NC(C(=O)O)c1cccs1. The minimum Gasteiger partial charge on any atom is -0.479 e. The molecule has 1 amide bonds. The van der Waals surface area contributed by atoms with Crippen molar-refractivity contribution in [2.45, 2.75) is 39.2 Å². The Hall–Kier alpha value is -1.40. The summed E-state index contributed by atoms with van der Waals surface area (Å²) in [5.74, 6) is -1.28. The molecule has 1 rings (SSSR count). The summed E-state index contributed by atoms with van der Waals surface area (Å²) in [5, 5.41) is 13.5. The Morgan fingerprint density at radius 1 is 1.45 bits per heavy atom. The Kier molecular flexibility index (Phi) is 6.16. The van der Waals surface area contributed by atoms with Crippen molar-refractivity contribution in [1.29, 1.82) is 0 Å². The molecule has 0 aliphatic carbocycles. The molecule has 0 saturated heterocycles. The van der Waals surface area contributed by atoms with E-state index in [1.807, 2.05) is 0 Å². The fourth-order valence-electron chi connectivity index (χ4n) is 1.91. The van der Waals surface area contributed by atoms with Crippen molar-refractivity contribution >= 4 is 23.2 Å². The lowest BCUT2D eigenvalue weighted by molar-refractivity contribution is -0.142. The van der Waals surface area contributed by atoms with E-state index >= 15 is 0 Å². The van der Waals surface area contributed by atoms with Crippen molar-refractivity contribution in [2.75, 3.05) is 6.54 Å². The van der Waals surface area contributed by atoms with E-state index in [2.05, 4.69) is 19.2 Å². The lowest BCUT2D eigenvalue weighted by Crippen LogP contribution is -2.33. The molecule has 6 heteroatoms. The monoisotopic (exact) mass is 298 g/mol. The maximum atomic E-state index is 11.9. The zero-order valence-corrected chi connectivity index (χ0v) is 12.7. The van der Waals surface area contributed by atoms with Crippen LogP contribution in [0.2, 0.25) is 0 Å². The molecule has 0 aliphatic rings. The number of nitrogens with one attached hydrogen (secondary N) is 1. The summed E-state index contributed by atoms with van der Waals surface area (Å²) < 4.78 is 0. The van der Waals surface area contributed by atoms with E-state index in [9.17, 15) is 14.7 Å². The fourth-order valence-corrected chi connectivity index (χ4v) is 2.68. The van der Waals surface area contributed by atoms with Crippen LogP contribution in [0.1, 0.15) is 44.0 Å². The van der Waals surface area contributed by atoms with Gasteiger partial charge in [-0.25, -0.2) is 4.79 Å². The van der Waals surface area contributed by atoms with Crippen LogP contribution in [0.5, 0.6) is 0 Å². The maximum Gasteiger partial charge on any atom is 0.331 e. The summed E-state index contributed by atoms with van der Waals surface area (Å²) in [5.41, 5.74) is 5.52. The molecule has 1 aromatic rings. The minimum absolute atomic E-state index is 0.00621. The molecule has 0 spiro atoms. The third kappa shape index (κ3) is 5.30. The molecule has 1 aromatic heterocycles. The van der Waals surface area contributed by atoms with Crippen LogP contribution in [-0.4, -0.2) is 23.5 Å². The Morgan fingerprint density at radius 3 is 2.65 bits per heavy atom.